The quantitative estimate of drug-likeness (QED) is 0.781. The highest BCUT2D eigenvalue weighted by Gasteiger charge is 2.30. The van der Waals surface area contributed by atoms with E-state index in [1.807, 2.05) is 42.5 Å². The summed E-state index contributed by atoms with van der Waals surface area (Å²) in [4.78, 5) is 2.40. The van der Waals surface area contributed by atoms with Crippen molar-refractivity contribution in [3.05, 3.63) is 77.9 Å². The minimum absolute atomic E-state index is 0.615. The Morgan fingerprint density at radius 3 is 2.44 bits per heavy atom. The second kappa shape index (κ2) is 8.32. The van der Waals surface area contributed by atoms with Crippen LogP contribution in [0.3, 0.4) is 0 Å². The SMILES string of the molecule is COc1ccc(C(O)(CCN2CC=CCC2)Cc2ccccc2)cc1. The average Bonchev–Trinajstić information content (AvgIpc) is 2.68. The van der Waals surface area contributed by atoms with Gasteiger partial charge in [0, 0.05) is 26.1 Å². The third kappa shape index (κ3) is 4.71. The third-order valence-electron chi connectivity index (χ3n) is 4.95. The maximum atomic E-state index is 11.5. The molecule has 25 heavy (non-hydrogen) atoms. The first-order valence-electron chi connectivity index (χ1n) is 8.98. The summed E-state index contributed by atoms with van der Waals surface area (Å²) in [6.45, 7) is 2.93. The molecule has 2 aromatic carbocycles. The lowest BCUT2D eigenvalue weighted by Gasteiger charge is -2.32. The van der Waals surface area contributed by atoms with E-state index in [9.17, 15) is 5.11 Å². The molecule has 0 saturated heterocycles. The van der Waals surface area contributed by atoms with Crippen molar-refractivity contribution in [2.45, 2.75) is 24.9 Å². The van der Waals surface area contributed by atoms with E-state index >= 15 is 0 Å². The fraction of sp³-hybridized carbons (Fsp3) is 0.364. The van der Waals surface area contributed by atoms with Crippen LogP contribution in [0.5, 0.6) is 5.75 Å². The van der Waals surface area contributed by atoms with E-state index in [1.54, 1.807) is 7.11 Å². The van der Waals surface area contributed by atoms with Crippen molar-refractivity contribution in [1.82, 2.24) is 4.90 Å². The standard InChI is InChI=1S/C22H27NO2/c1-25-21-12-10-20(11-13-21)22(24,18-19-8-4-2-5-9-19)14-17-23-15-6-3-7-16-23/h2-6,8-13,24H,7,14-18H2,1H3. The first kappa shape index (κ1) is 17.7. The van der Waals surface area contributed by atoms with Crippen molar-refractivity contribution in [2.75, 3.05) is 26.7 Å². The van der Waals surface area contributed by atoms with Gasteiger partial charge in [-0.1, -0.05) is 54.6 Å². The zero-order chi connectivity index (χ0) is 17.5. The highest BCUT2D eigenvalue weighted by molar-refractivity contribution is 5.32. The molecular formula is C22H27NO2. The summed E-state index contributed by atoms with van der Waals surface area (Å²) in [6.07, 6.45) is 6.87. The summed E-state index contributed by atoms with van der Waals surface area (Å²) in [5.74, 6) is 0.812. The molecule has 1 aliphatic heterocycles. The van der Waals surface area contributed by atoms with Gasteiger partial charge in [0.1, 0.15) is 5.75 Å². The Balaban J connectivity index is 1.79. The molecule has 1 atom stereocenters. The number of methoxy groups -OCH3 is 1. The summed E-state index contributed by atoms with van der Waals surface area (Å²) in [5.41, 5.74) is 1.22. The van der Waals surface area contributed by atoms with Gasteiger partial charge in [0.15, 0.2) is 0 Å². The number of benzene rings is 2. The van der Waals surface area contributed by atoms with Gasteiger partial charge in [-0.25, -0.2) is 0 Å². The molecule has 0 radical (unpaired) electrons. The fourth-order valence-electron chi connectivity index (χ4n) is 3.41. The molecule has 2 aromatic rings. The van der Waals surface area contributed by atoms with Crippen LogP contribution in [0.25, 0.3) is 0 Å². The maximum absolute atomic E-state index is 11.5. The van der Waals surface area contributed by atoms with Crippen molar-refractivity contribution in [1.29, 1.82) is 0 Å². The molecule has 0 amide bonds. The van der Waals surface area contributed by atoms with Crippen molar-refractivity contribution in [3.63, 3.8) is 0 Å². The molecule has 1 heterocycles. The molecule has 1 aliphatic rings. The van der Waals surface area contributed by atoms with Crippen LogP contribution < -0.4 is 4.74 Å². The predicted octanol–water partition coefficient (Wildman–Crippen LogP) is 3.78. The fourth-order valence-corrected chi connectivity index (χ4v) is 3.41. The Morgan fingerprint density at radius 2 is 1.80 bits per heavy atom. The van der Waals surface area contributed by atoms with E-state index < -0.39 is 5.60 Å². The first-order chi connectivity index (χ1) is 12.2. The Kier molecular flexibility index (Phi) is 5.90. The predicted molar refractivity (Wildman–Crippen MR) is 102 cm³/mol. The summed E-state index contributed by atoms with van der Waals surface area (Å²) in [7, 11) is 1.66. The number of hydrogen-bond donors (Lipinski definition) is 1. The number of aliphatic hydroxyl groups is 1. The molecule has 0 fully saturated rings. The van der Waals surface area contributed by atoms with Crippen LogP contribution in [-0.2, 0) is 12.0 Å². The average molecular weight is 337 g/mol. The maximum Gasteiger partial charge on any atom is 0.118 e. The van der Waals surface area contributed by atoms with Gasteiger partial charge >= 0.3 is 0 Å². The number of nitrogens with zero attached hydrogens (tertiary/aromatic N) is 1. The van der Waals surface area contributed by atoms with Crippen LogP contribution in [0.4, 0.5) is 0 Å². The smallest absolute Gasteiger partial charge is 0.118 e. The van der Waals surface area contributed by atoms with Crippen molar-refractivity contribution in [3.8, 4) is 5.75 Å². The topological polar surface area (TPSA) is 32.7 Å². The Hall–Kier alpha value is -2.10. The van der Waals surface area contributed by atoms with Gasteiger partial charge < -0.3 is 9.84 Å². The second-order valence-electron chi connectivity index (χ2n) is 6.73. The molecule has 0 aliphatic carbocycles. The summed E-state index contributed by atoms with van der Waals surface area (Å²) in [5, 5.41) is 11.5. The van der Waals surface area contributed by atoms with E-state index in [0.29, 0.717) is 12.8 Å². The molecule has 132 valence electrons. The van der Waals surface area contributed by atoms with Gasteiger partial charge in [-0.15, -0.1) is 0 Å². The van der Waals surface area contributed by atoms with Gasteiger partial charge in [-0.2, -0.15) is 0 Å². The lowest BCUT2D eigenvalue weighted by Crippen LogP contribution is -2.36. The number of ether oxygens (including phenoxy) is 1. The lowest BCUT2D eigenvalue weighted by molar-refractivity contribution is 0.0180. The van der Waals surface area contributed by atoms with E-state index in [4.69, 9.17) is 4.74 Å². The minimum Gasteiger partial charge on any atom is -0.497 e. The summed E-state index contributed by atoms with van der Waals surface area (Å²) >= 11 is 0. The van der Waals surface area contributed by atoms with Gasteiger partial charge in [-0.3, -0.25) is 4.90 Å². The van der Waals surface area contributed by atoms with Crippen LogP contribution in [0.2, 0.25) is 0 Å². The third-order valence-corrected chi connectivity index (χ3v) is 4.95. The Morgan fingerprint density at radius 1 is 1.04 bits per heavy atom. The van der Waals surface area contributed by atoms with Gasteiger partial charge in [-0.05, 0) is 36.1 Å². The Bertz CT molecular complexity index is 681. The number of hydrogen-bond acceptors (Lipinski definition) is 3. The molecule has 0 aromatic heterocycles. The molecule has 3 heteroatoms. The largest absolute Gasteiger partial charge is 0.497 e. The zero-order valence-corrected chi connectivity index (χ0v) is 14.9. The van der Waals surface area contributed by atoms with Crippen LogP contribution in [0, 0.1) is 0 Å². The molecule has 3 rings (SSSR count). The molecule has 3 nitrogen and oxygen atoms in total. The van der Waals surface area contributed by atoms with Gasteiger partial charge in [0.2, 0.25) is 0 Å². The summed E-state index contributed by atoms with van der Waals surface area (Å²) < 4.78 is 5.26. The highest BCUT2D eigenvalue weighted by atomic mass is 16.5. The van der Waals surface area contributed by atoms with E-state index in [0.717, 1.165) is 42.9 Å². The monoisotopic (exact) mass is 337 g/mol. The number of rotatable bonds is 7. The van der Waals surface area contributed by atoms with E-state index in [2.05, 4.69) is 29.2 Å². The first-order valence-corrected chi connectivity index (χ1v) is 8.98. The molecular weight excluding hydrogens is 310 g/mol. The van der Waals surface area contributed by atoms with Crippen molar-refractivity contribution in [2.24, 2.45) is 0 Å². The normalized spacial score (nSPS) is 17.2. The Labute approximate surface area is 150 Å². The zero-order valence-electron chi connectivity index (χ0n) is 14.9. The van der Waals surface area contributed by atoms with Crippen LogP contribution >= 0.6 is 0 Å². The second-order valence-corrected chi connectivity index (χ2v) is 6.73. The molecule has 1 N–H and O–H groups in total. The molecule has 0 spiro atoms. The lowest BCUT2D eigenvalue weighted by atomic mass is 9.84. The van der Waals surface area contributed by atoms with Crippen molar-refractivity contribution >= 4 is 0 Å². The van der Waals surface area contributed by atoms with Crippen LogP contribution in [0.15, 0.2) is 66.7 Å². The van der Waals surface area contributed by atoms with Crippen LogP contribution in [-0.4, -0.2) is 36.8 Å². The van der Waals surface area contributed by atoms with E-state index in [1.165, 1.54) is 0 Å². The van der Waals surface area contributed by atoms with E-state index in [-0.39, 0.29) is 0 Å². The molecule has 0 bridgehead atoms. The van der Waals surface area contributed by atoms with Gasteiger partial charge in [0.05, 0.1) is 12.7 Å². The summed E-state index contributed by atoms with van der Waals surface area (Å²) in [6, 6.07) is 18.0. The van der Waals surface area contributed by atoms with Gasteiger partial charge in [0.25, 0.3) is 0 Å². The van der Waals surface area contributed by atoms with Crippen LogP contribution in [0.1, 0.15) is 24.0 Å². The van der Waals surface area contributed by atoms with Crippen molar-refractivity contribution < 1.29 is 9.84 Å². The molecule has 1 unspecified atom stereocenters. The molecule has 0 saturated carbocycles. The minimum atomic E-state index is -0.880. The highest BCUT2D eigenvalue weighted by Crippen LogP contribution is 2.31.